The Kier molecular flexibility index (Phi) is 5.42. The Bertz CT molecular complexity index is 1030. The quantitative estimate of drug-likeness (QED) is 0.443. The van der Waals surface area contributed by atoms with Gasteiger partial charge >= 0.3 is 6.18 Å². The average molecular weight is 469 g/mol. The minimum atomic E-state index is -4.59. The van der Waals surface area contributed by atoms with Gasteiger partial charge in [0, 0.05) is 10.9 Å². The van der Waals surface area contributed by atoms with Crippen LogP contribution in [0.2, 0.25) is 0 Å². The molecule has 3 aromatic rings. The zero-order valence-electron chi connectivity index (χ0n) is 15.3. The zero-order chi connectivity index (χ0) is 20.6. The molecular weight excluding hydrogens is 452 g/mol. The fraction of sp³-hybridized carbons (Fsp3) is 0.350. The molecule has 4 rings (SSSR count). The van der Waals surface area contributed by atoms with E-state index in [0.717, 1.165) is 25.7 Å². The highest BCUT2D eigenvalue weighted by Gasteiger charge is 2.36. The summed E-state index contributed by atoms with van der Waals surface area (Å²) in [5, 5.41) is 4.56. The van der Waals surface area contributed by atoms with Crippen LogP contribution in [0.1, 0.15) is 48.8 Å². The standard InChI is InChI=1S/C20H17BrF4N4/c21-15-8-9-16(26-18(15)20(23,24)25)19-27-17(11-12-4-3-5-13(22)10-12)28-29(19)14-6-1-2-7-14/h3-5,8-10,14H,1-2,6-7,11H2. The van der Waals surface area contributed by atoms with Gasteiger partial charge in [-0.15, -0.1) is 0 Å². The van der Waals surface area contributed by atoms with E-state index in [4.69, 9.17) is 0 Å². The molecule has 152 valence electrons. The molecule has 0 saturated heterocycles. The smallest absolute Gasteiger partial charge is 0.241 e. The SMILES string of the molecule is Fc1cccc(Cc2nc(-c3ccc(Br)c(C(F)(F)F)n3)n(C3CCCC3)n2)c1. The van der Waals surface area contributed by atoms with E-state index in [-0.39, 0.29) is 28.4 Å². The van der Waals surface area contributed by atoms with E-state index < -0.39 is 11.9 Å². The van der Waals surface area contributed by atoms with Crippen molar-refractivity contribution in [1.29, 1.82) is 0 Å². The monoisotopic (exact) mass is 468 g/mol. The third kappa shape index (κ3) is 4.34. The van der Waals surface area contributed by atoms with E-state index in [0.29, 0.717) is 17.2 Å². The maximum absolute atomic E-state index is 13.5. The lowest BCUT2D eigenvalue weighted by Gasteiger charge is -2.14. The Balaban J connectivity index is 1.76. The molecule has 2 aromatic heterocycles. The molecule has 0 aliphatic heterocycles. The largest absolute Gasteiger partial charge is 0.434 e. The van der Waals surface area contributed by atoms with Gasteiger partial charge in [0.25, 0.3) is 0 Å². The fourth-order valence-electron chi connectivity index (χ4n) is 3.62. The molecule has 2 heterocycles. The Morgan fingerprint density at radius 3 is 2.52 bits per heavy atom. The lowest BCUT2D eigenvalue weighted by atomic mass is 10.1. The maximum Gasteiger partial charge on any atom is 0.434 e. The molecule has 0 N–H and O–H groups in total. The van der Waals surface area contributed by atoms with Gasteiger partial charge in [0.2, 0.25) is 0 Å². The molecule has 0 radical (unpaired) electrons. The normalized spacial score (nSPS) is 15.2. The van der Waals surface area contributed by atoms with Crippen molar-refractivity contribution >= 4 is 15.9 Å². The molecule has 0 amide bonds. The van der Waals surface area contributed by atoms with Gasteiger partial charge in [-0.25, -0.2) is 19.0 Å². The second-order valence-electron chi connectivity index (χ2n) is 7.07. The topological polar surface area (TPSA) is 43.6 Å². The van der Waals surface area contributed by atoms with Gasteiger partial charge in [-0.05, 0) is 58.6 Å². The van der Waals surface area contributed by atoms with Crippen LogP contribution in [0.5, 0.6) is 0 Å². The van der Waals surface area contributed by atoms with Crippen LogP contribution in [0, 0.1) is 5.82 Å². The molecule has 1 aliphatic carbocycles. The summed E-state index contributed by atoms with van der Waals surface area (Å²) in [6.45, 7) is 0. The van der Waals surface area contributed by atoms with E-state index in [9.17, 15) is 17.6 Å². The van der Waals surface area contributed by atoms with Crippen molar-refractivity contribution in [3.05, 3.63) is 63.8 Å². The summed E-state index contributed by atoms with van der Waals surface area (Å²) in [6.07, 6.45) is -0.461. The van der Waals surface area contributed by atoms with Crippen LogP contribution in [0.15, 0.2) is 40.9 Å². The van der Waals surface area contributed by atoms with Crippen LogP contribution in [0.25, 0.3) is 11.5 Å². The van der Waals surface area contributed by atoms with Crippen molar-refractivity contribution in [3.63, 3.8) is 0 Å². The summed E-state index contributed by atoms with van der Waals surface area (Å²) in [5.41, 5.74) is -0.187. The molecule has 0 atom stereocenters. The lowest BCUT2D eigenvalue weighted by molar-refractivity contribution is -0.141. The number of aromatic nitrogens is 4. The first-order chi connectivity index (χ1) is 13.8. The van der Waals surface area contributed by atoms with Gasteiger partial charge < -0.3 is 0 Å². The summed E-state index contributed by atoms with van der Waals surface area (Å²) in [4.78, 5) is 8.31. The first kappa shape index (κ1) is 20.0. The predicted octanol–water partition coefficient (Wildman–Crippen LogP) is 5.97. The van der Waals surface area contributed by atoms with Crippen molar-refractivity contribution in [2.45, 2.75) is 44.3 Å². The summed E-state index contributed by atoms with van der Waals surface area (Å²) in [5.74, 6) is 0.374. The van der Waals surface area contributed by atoms with Crippen LogP contribution in [-0.4, -0.2) is 19.7 Å². The lowest BCUT2D eigenvalue weighted by Crippen LogP contribution is -2.12. The summed E-state index contributed by atoms with van der Waals surface area (Å²) < 4.78 is 55.0. The highest BCUT2D eigenvalue weighted by Crippen LogP contribution is 2.36. The van der Waals surface area contributed by atoms with Crippen LogP contribution < -0.4 is 0 Å². The molecule has 29 heavy (non-hydrogen) atoms. The second kappa shape index (κ2) is 7.85. The molecule has 0 bridgehead atoms. The highest BCUT2D eigenvalue weighted by molar-refractivity contribution is 9.10. The molecule has 0 spiro atoms. The number of nitrogens with zero attached hydrogens (tertiary/aromatic N) is 4. The number of benzene rings is 1. The van der Waals surface area contributed by atoms with Gasteiger partial charge in [0.1, 0.15) is 11.5 Å². The summed E-state index contributed by atoms with van der Waals surface area (Å²) >= 11 is 2.92. The Morgan fingerprint density at radius 1 is 1.07 bits per heavy atom. The van der Waals surface area contributed by atoms with Gasteiger partial charge in [-0.3, -0.25) is 0 Å². The average Bonchev–Trinajstić information content (AvgIpc) is 3.31. The van der Waals surface area contributed by atoms with Crippen molar-refractivity contribution in [2.24, 2.45) is 0 Å². The maximum atomic E-state index is 13.5. The third-order valence-corrected chi connectivity index (χ3v) is 5.58. The number of pyridine rings is 1. The molecule has 1 aromatic carbocycles. The van der Waals surface area contributed by atoms with Crippen LogP contribution in [0.4, 0.5) is 17.6 Å². The van der Waals surface area contributed by atoms with Crippen LogP contribution in [-0.2, 0) is 12.6 Å². The van der Waals surface area contributed by atoms with Gasteiger partial charge in [-0.1, -0.05) is 25.0 Å². The molecule has 1 saturated carbocycles. The van der Waals surface area contributed by atoms with Gasteiger partial charge in [0.15, 0.2) is 17.3 Å². The molecule has 1 fully saturated rings. The fourth-order valence-corrected chi connectivity index (χ4v) is 4.06. The molecule has 9 heteroatoms. The van der Waals surface area contributed by atoms with E-state index in [2.05, 4.69) is 31.0 Å². The molecule has 1 aliphatic rings. The van der Waals surface area contributed by atoms with Crippen molar-refractivity contribution < 1.29 is 17.6 Å². The minimum Gasteiger partial charge on any atom is -0.241 e. The molecule has 0 unspecified atom stereocenters. The van der Waals surface area contributed by atoms with Crippen LogP contribution in [0.3, 0.4) is 0 Å². The van der Waals surface area contributed by atoms with Gasteiger partial charge in [0.05, 0.1) is 6.04 Å². The predicted molar refractivity (Wildman–Crippen MR) is 103 cm³/mol. The van der Waals surface area contributed by atoms with E-state index in [1.807, 2.05) is 0 Å². The summed E-state index contributed by atoms with van der Waals surface area (Å²) in [7, 11) is 0. The molecule has 4 nitrogen and oxygen atoms in total. The first-order valence-electron chi connectivity index (χ1n) is 9.25. The third-order valence-electron chi connectivity index (χ3n) is 4.94. The zero-order valence-corrected chi connectivity index (χ0v) is 16.8. The summed E-state index contributed by atoms with van der Waals surface area (Å²) in [6, 6.07) is 9.01. The Morgan fingerprint density at radius 2 is 1.83 bits per heavy atom. The highest BCUT2D eigenvalue weighted by atomic mass is 79.9. The van der Waals surface area contributed by atoms with Crippen molar-refractivity contribution in [2.75, 3.05) is 0 Å². The van der Waals surface area contributed by atoms with E-state index >= 15 is 0 Å². The Hall–Kier alpha value is -2.29. The van der Waals surface area contributed by atoms with E-state index in [1.54, 1.807) is 16.8 Å². The first-order valence-corrected chi connectivity index (χ1v) is 10.0. The number of alkyl halides is 3. The minimum absolute atomic E-state index is 0.0681. The number of rotatable bonds is 4. The number of halogens is 5. The Labute approximate surface area is 173 Å². The van der Waals surface area contributed by atoms with Gasteiger partial charge in [-0.2, -0.15) is 18.3 Å². The van der Waals surface area contributed by atoms with Crippen molar-refractivity contribution in [3.8, 4) is 11.5 Å². The van der Waals surface area contributed by atoms with E-state index in [1.165, 1.54) is 24.3 Å². The van der Waals surface area contributed by atoms with Crippen LogP contribution >= 0.6 is 15.9 Å². The van der Waals surface area contributed by atoms with Crippen molar-refractivity contribution in [1.82, 2.24) is 19.7 Å². The molecular formula is C20H17BrF4N4. The number of hydrogen-bond acceptors (Lipinski definition) is 3. The second-order valence-corrected chi connectivity index (χ2v) is 7.92. The number of hydrogen-bond donors (Lipinski definition) is 0.